The molecule has 0 bridgehead atoms. The molecule has 1 aromatic rings. The minimum absolute atomic E-state index is 0.224. The van der Waals surface area contributed by atoms with Gasteiger partial charge in [-0.2, -0.15) is 0 Å². The molecule has 0 spiro atoms. The third-order valence-corrected chi connectivity index (χ3v) is 5.20. The number of hydrogen-bond donors (Lipinski definition) is 1. The molecular formula is C19H24N2O4. The first-order valence-electron chi connectivity index (χ1n) is 8.84. The molecule has 1 N–H and O–H groups in total. The Bertz CT molecular complexity index is 683. The Hall–Kier alpha value is -2.37. The molecule has 134 valence electrons. The van der Waals surface area contributed by atoms with E-state index in [9.17, 15) is 19.5 Å². The molecule has 6 nitrogen and oxygen atoms in total. The summed E-state index contributed by atoms with van der Waals surface area (Å²) in [5, 5.41) is 9.25. The Morgan fingerprint density at radius 3 is 2.40 bits per heavy atom. The van der Waals surface area contributed by atoms with Gasteiger partial charge in [-0.3, -0.25) is 9.59 Å². The normalized spacial score (nSPS) is 23.6. The summed E-state index contributed by atoms with van der Waals surface area (Å²) in [6, 6.07) is 7.04. The summed E-state index contributed by atoms with van der Waals surface area (Å²) in [4.78, 5) is 39.7. The van der Waals surface area contributed by atoms with Crippen LogP contribution in [0, 0.1) is 5.92 Å². The fourth-order valence-corrected chi connectivity index (χ4v) is 3.69. The molecule has 2 heterocycles. The van der Waals surface area contributed by atoms with Crippen LogP contribution < -0.4 is 4.90 Å². The van der Waals surface area contributed by atoms with Gasteiger partial charge >= 0.3 is 5.97 Å². The van der Waals surface area contributed by atoms with Gasteiger partial charge in [0.2, 0.25) is 11.8 Å². The fourth-order valence-electron chi connectivity index (χ4n) is 3.69. The lowest BCUT2D eigenvalue weighted by atomic mass is 10.0. The Morgan fingerprint density at radius 1 is 1.12 bits per heavy atom. The highest BCUT2D eigenvalue weighted by atomic mass is 16.4. The molecule has 0 radical (unpaired) electrons. The van der Waals surface area contributed by atoms with Gasteiger partial charge in [0, 0.05) is 18.8 Å². The molecule has 2 fully saturated rings. The topological polar surface area (TPSA) is 77.9 Å². The molecule has 25 heavy (non-hydrogen) atoms. The summed E-state index contributed by atoms with van der Waals surface area (Å²) in [7, 11) is 0. The van der Waals surface area contributed by atoms with Crippen molar-refractivity contribution in [1.29, 1.82) is 0 Å². The highest BCUT2D eigenvalue weighted by Crippen LogP contribution is 2.30. The smallest absolute Gasteiger partial charge is 0.326 e. The maximum atomic E-state index is 12.7. The maximum absolute atomic E-state index is 12.7. The largest absolute Gasteiger partial charge is 0.480 e. The zero-order chi connectivity index (χ0) is 18.1. The molecule has 0 aromatic heterocycles. The van der Waals surface area contributed by atoms with E-state index in [1.54, 1.807) is 4.90 Å². The second kappa shape index (κ2) is 6.86. The number of amides is 2. The molecule has 1 aromatic carbocycles. The van der Waals surface area contributed by atoms with E-state index in [1.165, 1.54) is 10.5 Å². The molecule has 2 unspecified atom stereocenters. The molecule has 2 aliphatic rings. The van der Waals surface area contributed by atoms with Crippen molar-refractivity contribution in [3.8, 4) is 0 Å². The van der Waals surface area contributed by atoms with Crippen LogP contribution in [0.3, 0.4) is 0 Å². The van der Waals surface area contributed by atoms with E-state index in [0.29, 0.717) is 38.3 Å². The lowest BCUT2D eigenvalue weighted by molar-refractivity contribution is -0.151. The highest BCUT2D eigenvalue weighted by molar-refractivity contribution is 6.10. The van der Waals surface area contributed by atoms with Crippen molar-refractivity contribution in [2.24, 2.45) is 5.92 Å². The van der Waals surface area contributed by atoms with Crippen molar-refractivity contribution in [2.45, 2.75) is 45.1 Å². The number of aliphatic carboxylic acids is 1. The van der Waals surface area contributed by atoms with Gasteiger partial charge in [0.15, 0.2) is 0 Å². The van der Waals surface area contributed by atoms with Crippen LogP contribution in [0.1, 0.15) is 44.6 Å². The quantitative estimate of drug-likeness (QED) is 0.850. The van der Waals surface area contributed by atoms with Crippen molar-refractivity contribution in [3.05, 3.63) is 29.8 Å². The zero-order valence-electron chi connectivity index (χ0n) is 14.6. The third kappa shape index (κ3) is 3.25. The van der Waals surface area contributed by atoms with Crippen LogP contribution in [-0.2, 0) is 14.4 Å². The average molecular weight is 344 g/mol. The van der Waals surface area contributed by atoms with Gasteiger partial charge in [0.05, 0.1) is 0 Å². The first-order valence-corrected chi connectivity index (χ1v) is 8.84. The second-order valence-corrected chi connectivity index (χ2v) is 7.11. The van der Waals surface area contributed by atoms with Gasteiger partial charge in [0.1, 0.15) is 12.0 Å². The standard InChI is InChI=1S/C19H24N2O4/c1-12(2)13-5-7-14(8-6-13)20-11-9-15(17(20)22)18(23)21-10-3-4-16(21)19(24)25/h5-8,12,15-16H,3-4,9-11H2,1-2H3,(H,24,25). The summed E-state index contributed by atoms with van der Waals surface area (Å²) in [6.45, 7) is 5.13. The van der Waals surface area contributed by atoms with E-state index < -0.39 is 17.9 Å². The average Bonchev–Trinajstić information content (AvgIpc) is 3.21. The minimum Gasteiger partial charge on any atom is -0.480 e. The van der Waals surface area contributed by atoms with Gasteiger partial charge in [-0.1, -0.05) is 26.0 Å². The first-order chi connectivity index (χ1) is 11.9. The van der Waals surface area contributed by atoms with Crippen LogP contribution in [0.2, 0.25) is 0 Å². The number of carbonyl (C=O) groups is 3. The Balaban J connectivity index is 1.73. The predicted molar refractivity (Wildman–Crippen MR) is 93.4 cm³/mol. The molecular weight excluding hydrogens is 320 g/mol. The van der Waals surface area contributed by atoms with Gasteiger partial charge < -0.3 is 14.9 Å². The van der Waals surface area contributed by atoms with Crippen molar-refractivity contribution in [1.82, 2.24) is 4.90 Å². The summed E-state index contributed by atoms with van der Waals surface area (Å²) in [5.41, 5.74) is 1.99. The summed E-state index contributed by atoms with van der Waals surface area (Å²) in [5.74, 6) is -1.89. The van der Waals surface area contributed by atoms with E-state index in [-0.39, 0.29) is 11.8 Å². The SMILES string of the molecule is CC(C)c1ccc(N2CCC(C(=O)N3CCCC3C(=O)O)C2=O)cc1. The highest BCUT2D eigenvalue weighted by Gasteiger charge is 2.44. The number of carbonyl (C=O) groups excluding carboxylic acids is 2. The van der Waals surface area contributed by atoms with E-state index in [2.05, 4.69) is 13.8 Å². The minimum atomic E-state index is -0.988. The third-order valence-electron chi connectivity index (χ3n) is 5.20. The van der Waals surface area contributed by atoms with Crippen LogP contribution >= 0.6 is 0 Å². The van der Waals surface area contributed by atoms with Crippen LogP contribution in [0.5, 0.6) is 0 Å². The van der Waals surface area contributed by atoms with Crippen LogP contribution in [0.25, 0.3) is 0 Å². The summed E-state index contributed by atoms with van der Waals surface area (Å²) in [6.07, 6.45) is 1.57. The maximum Gasteiger partial charge on any atom is 0.326 e. The molecule has 2 aliphatic heterocycles. The molecule has 0 aliphatic carbocycles. The van der Waals surface area contributed by atoms with Crippen molar-refractivity contribution >= 4 is 23.5 Å². The molecule has 2 saturated heterocycles. The van der Waals surface area contributed by atoms with Crippen LogP contribution in [0.4, 0.5) is 5.69 Å². The van der Waals surface area contributed by atoms with E-state index in [0.717, 1.165) is 5.69 Å². The van der Waals surface area contributed by atoms with Gasteiger partial charge in [-0.05, 0) is 42.9 Å². The lowest BCUT2D eigenvalue weighted by Crippen LogP contribution is -2.45. The van der Waals surface area contributed by atoms with Crippen LogP contribution in [0.15, 0.2) is 24.3 Å². The first kappa shape index (κ1) is 17.5. The van der Waals surface area contributed by atoms with Crippen molar-refractivity contribution < 1.29 is 19.5 Å². The molecule has 6 heteroatoms. The Labute approximate surface area is 147 Å². The van der Waals surface area contributed by atoms with Gasteiger partial charge in [-0.15, -0.1) is 0 Å². The number of anilines is 1. The van der Waals surface area contributed by atoms with E-state index in [1.807, 2.05) is 24.3 Å². The number of carboxylic acid groups (broad SMARTS) is 1. The molecule has 3 rings (SSSR count). The molecule has 2 amide bonds. The number of rotatable bonds is 4. The number of nitrogens with zero attached hydrogens (tertiary/aromatic N) is 2. The summed E-state index contributed by atoms with van der Waals surface area (Å²) < 4.78 is 0. The summed E-state index contributed by atoms with van der Waals surface area (Å²) >= 11 is 0. The van der Waals surface area contributed by atoms with Gasteiger partial charge in [-0.25, -0.2) is 4.79 Å². The van der Waals surface area contributed by atoms with E-state index >= 15 is 0 Å². The number of benzene rings is 1. The number of carboxylic acids is 1. The zero-order valence-corrected chi connectivity index (χ0v) is 14.6. The lowest BCUT2D eigenvalue weighted by Gasteiger charge is -2.24. The Morgan fingerprint density at radius 2 is 1.80 bits per heavy atom. The van der Waals surface area contributed by atoms with Crippen molar-refractivity contribution in [3.63, 3.8) is 0 Å². The molecule has 0 saturated carbocycles. The van der Waals surface area contributed by atoms with E-state index in [4.69, 9.17) is 0 Å². The monoisotopic (exact) mass is 344 g/mol. The fraction of sp³-hybridized carbons (Fsp3) is 0.526. The van der Waals surface area contributed by atoms with Crippen molar-refractivity contribution in [2.75, 3.05) is 18.0 Å². The predicted octanol–water partition coefficient (Wildman–Crippen LogP) is 2.24. The van der Waals surface area contributed by atoms with Crippen LogP contribution in [-0.4, -0.2) is 46.9 Å². The molecule has 2 atom stereocenters. The van der Waals surface area contributed by atoms with Gasteiger partial charge in [0.25, 0.3) is 0 Å². The Kier molecular flexibility index (Phi) is 4.79. The number of likely N-dealkylation sites (tertiary alicyclic amines) is 1. The second-order valence-electron chi connectivity index (χ2n) is 7.11. The number of hydrogen-bond acceptors (Lipinski definition) is 3.